The number of benzene rings is 2. The first-order valence-corrected chi connectivity index (χ1v) is 15.4. The van der Waals surface area contributed by atoms with Gasteiger partial charge in [-0.25, -0.2) is 0 Å². The van der Waals surface area contributed by atoms with E-state index < -0.39 is 5.47 Å². The summed E-state index contributed by atoms with van der Waals surface area (Å²) in [5.74, 6) is 3.95. The number of nitrogens with zero attached hydrogens (tertiary/aromatic N) is 6. The van der Waals surface area contributed by atoms with E-state index in [-0.39, 0.29) is 17.2 Å². The van der Waals surface area contributed by atoms with Crippen LogP contribution in [0.15, 0.2) is 61.1 Å². The average Bonchev–Trinajstić information content (AvgIpc) is 3.55. The minimum atomic E-state index is -1.59. The van der Waals surface area contributed by atoms with Crippen molar-refractivity contribution in [1.29, 1.82) is 0 Å². The highest BCUT2D eigenvalue weighted by Gasteiger charge is 2.46. The van der Waals surface area contributed by atoms with Crippen molar-refractivity contribution in [3.8, 4) is 12.3 Å². The molecule has 0 saturated heterocycles. The van der Waals surface area contributed by atoms with Gasteiger partial charge in [0.1, 0.15) is 27.8 Å². The average molecular weight is 584 g/mol. The van der Waals surface area contributed by atoms with Crippen molar-refractivity contribution in [2.24, 2.45) is 13.0 Å². The summed E-state index contributed by atoms with van der Waals surface area (Å²) in [5.41, 5.74) is 5.47. The molecule has 4 heterocycles. The third-order valence-electron chi connectivity index (χ3n) is 9.77. The van der Waals surface area contributed by atoms with E-state index in [2.05, 4.69) is 44.2 Å². The number of amides is 1. The molecule has 3 aliphatic rings. The van der Waals surface area contributed by atoms with Crippen molar-refractivity contribution in [2.45, 2.75) is 56.2 Å². The molecule has 4 aromatic rings. The van der Waals surface area contributed by atoms with Crippen LogP contribution in [0, 0.1) is 18.3 Å². The molecular formula is C34H35B2FN6O. The topological polar surface area (TPSA) is 67.2 Å². The maximum atomic E-state index is 15.8. The fourth-order valence-electron chi connectivity index (χ4n) is 7.37. The largest absolute Gasteiger partial charge is 0.321 e. The summed E-state index contributed by atoms with van der Waals surface area (Å²) in [7, 11) is 5.12. The van der Waals surface area contributed by atoms with Crippen LogP contribution in [0.4, 0.5) is 10.1 Å². The predicted molar refractivity (Wildman–Crippen MR) is 173 cm³/mol. The number of terminal acetylenes is 1. The Kier molecular flexibility index (Phi) is 6.97. The van der Waals surface area contributed by atoms with Crippen molar-refractivity contribution in [3.05, 3.63) is 106 Å². The Morgan fingerprint density at radius 3 is 2.75 bits per heavy atom. The van der Waals surface area contributed by atoms with Crippen LogP contribution >= 0.6 is 0 Å². The fraction of sp³-hybridized carbons (Fsp3) is 0.353. The first-order chi connectivity index (χ1) is 21.1. The van der Waals surface area contributed by atoms with E-state index in [0.29, 0.717) is 24.2 Å². The summed E-state index contributed by atoms with van der Waals surface area (Å²) in [4.78, 5) is 22.7. The van der Waals surface area contributed by atoms with Gasteiger partial charge in [-0.05, 0) is 64.9 Å². The number of aromatic nitrogens is 4. The highest BCUT2D eigenvalue weighted by molar-refractivity contribution is 6.39. The van der Waals surface area contributed by atoms with Gasteiger partial charge in [-0.2, -0.15) is 0 Å². The molecular weight excluding hydrogens is 549 g/mol. The molecule has 2 aromatic carbocycles. The zero-order valence-electron chi connectivity index (χ0n) is 25.6. The summed E-state index contributed by atoms with van der Waals surface area (Å²) < 4.78 is 17.7. The zero-order chi connectivity index (χ0) is 30.6. The molecule has 1 aliphatic carbocycles. The Bertz CT molecular complexity index is 1800. The Labute approximate surface area is 259 Å². The second kappa shape index (κ2) is 10.7. The molecule has 44 heavy (non-hydrogen) atoms. The molecule has 0 radical (unpaired) electrons. The molecule has 220 valence electrons. The van der Waals surface area contributed by atoms with Crippen LogP contribution in [0.5, 0.6) is 0 Å². The van der Waals surface area contributed by atoms with Crippen LogP contribution in [0.2, 0.25) is 0 Å². The molecule has 1 fully saturated rings. The van der Waals surface area contributed by atoms with Gasteiger partial charge >= 0.3 is 0 Å². The standard InChI is InChI=1S/C34H35B2FN6O/c1-3-22-15-33(16-22,17-31-40-39-21-41(31)2)25-7-4-8-26(14-25)43-20-28-27(32(43)44)12-23(13-29(28)34(35,36)37)18-42-11-9-30-24(19-42)6-5-10-38-30/h1,4-8,10,12-14,21-22H,9,11,15-20,35-36H2,2H3. The number of halogens is 1. The SMILES string of the molecule is BC(B)(F)c1cc(CN2CCc3ncccc3C2)cc2c1CN(c1cccc(C3(Cc4nncn4C)CC(C#C)C3)c1)C2=O. The highest BCUT2D eigenvalue weighted by atomic mass is 19.1. The highest BCUT2D eigenvalue weighted by Crippen LogP contribution is 2.50. The molecule has 0 N–H and O–H groups in total. The third kappa shape index (κ3) is 5.03. The number of anilines is 1. The second-order valence-electron chi connectivity index (χ2n) is 13.2. The van der Waals surface area contributed by atoms with Crippen LogP contribution in [-0.4, -0.2) is 52.8 Å². The maximum Gasteiger partial charge on any atom is 0.258 e. The van der Waals surface area contributed by atoms with E-state index in [1.54, 1.807) is 26.9 Å². The van der Waals surface area contributed by atoms with Gasteiger partial charge in [-0.1, -0.05) is 24.3 Å². The number of alkyl halides is 1. The number of rotatable bonds is 7. The smallest absolute Gasteiger partial charge is 0.258 e. The molecule has 0 bridgehead atoms. The first kappa shape index (κ1) is 28.5. The van der Waals surface area contributed by atoms with Crippen molar-refractivity contribution in [2.75, 3.05) is 11.4 Å². The summed E-state index contributed by atoms with van der Waals surface area (Å²) in [6.07, 6.45) is 12.7. The van der Waals surface area contributed by atoms with Crippen LogP contribution in [0.1, 0.15) is 62.5 Å². The molecule has 0 unspecified atom stereocenters. The molecule has 2 aliphatic heterocycles. The van der Waals surface area contributed by atoms with Gasteiger partial charge in [0.05, 0.1) is 12.0 Å². The number of hydrogen-bond acceptors (Lipinski definition) is 5. The summed E-state index contributed by atoms with van der Waals surface area (Å²) >= 11 is 0. The minimum absolute atomic E-state index is 0.0878. The van der Waals surface area contributed by atoms with Crippen LogP contribution < -0.4 is 4.90 Å². The molecule has 1 amide bonds. The Morgan fingerprint density at radius 1 is 1.16 bits per heavy atom. The van der Waals surface area contributed by atoms with Crippen molar-refractivity contribution >= 4 is 27.3 Å². The fourth-order valence-corrected chi connectivity index (χ4v) is 7.37. The van der Waals surface area contributed by atoms with Crippen molar-refractivity contribution in [1.82, 2.24) is 24.6 Å². The van der Waals surface area contributed by atoms with Crippen LogP contribution in [0.25, 0.3) is 0 Å². The second-order valence-corrected chi connectivity index (χ2v) is 13.2. The van der Waals surface area contributed by atoms with Gasteiger partial charge in [0.2, 0.25) is 0 Å². The van der Waals surface area contributed by atoms with Gasteiger partial charge in [0.15, 0.2) is 0 Å². The first-order valence-electron chi connectivity index (χ1n) is 15.4. The lowest BCUT2D eigenvalue weighted by atomic mass is 9.57. The number of carbonyl (C=O) groups is 1. The van der Waals surface area contributed by atoms with E-state index in [1.165, 1.54) is 5.56 Å². The lowest BCUT2D eigenvalue weighted by Crippen LogP contribution is -2.43. The third-order valence-corrected chi connectivity index (χ3v) is 9.77. The normalized spacial score (nSPS) is 21.4. The van der Waals surface area contributed by atoms with E-state index in [1.807, 2.05) is 48.1 Å². The summed E-state index contributed by atoms with van der Waals surface area (Å²) in [6.45, 7) is 2.65. The molecule has 2 aromatic heterocycles. The molecule has 0 atom stereocenters. The van der Waals surface area contributed by atoms with Gasteiger partial charge in [-0.15, -0.1) is 22.5 Å². The Balaban J connectivity index is 1.19. The summed E-state index contributed by atoms with van der Waals surface area (Å²) in [6, 6.07) is 16.3. The van der Waals surface area contributed by atoms with Crippen LogP contribution in [-0.2, 0) is 50.4 Å². The van der Waals surface area contributed by atoms with E-state index in [4.69, 9.17) is 6.42 Å². The zero-order valence-corrected chi connectivity index (χ0v) is 25.6. The summed E-state index contributed by atoms with van der Waals surface area (Å²) in [5, 5.41) is 8.42. The van der Waals surface area contributed by atoms with Crippen molar-refractivity contribution < 1.29 is 9.18 Å². The number of pyridine rings is 1. The van der Waals surface area contributed by atoms with Gasteiger partial charge < -0.3 is 9.47 Å². The molecule has 0 spiro atoms. The molecule has 7 rings (SSSR count). The molecule has 1 saturated carbocycles. The van der Waals surface area contributed by atoms with E-state index in [0.717, 1.165) is 72.7 Å². The number of hydrogen-bond donors (Lipinski definition) is 0. The Morgan fingerprint density at radius 2 is 2.00 bits per heavy atom. The van der Waals surface area contributed by atoms with Gasteiger partial charge in [-0.3, -0.25) is 19.1 Å². The number of carbonyl (C=O) groups excluding carboxylic acids is 1. The minimum Gasteiger partial charge on any atom is -0.321 e. The van der Waals surface area contributed by atoms with Gasteiger partial charge in [0, 0.05) is 74.0 Å². The number of fused-ring (bicyclic) bond motifs is 2. The van der Waals surface area contributed by atoms with Gasteiger partial charge in [0.25, 0.3) is 5.91 Å². The lowest BCUT2D eigenvalue weighted by Gasteiger charge is -2.46. The maximum absolute atomic E-state index is 15.8. The number of aryl methyl sites for hydroxylation is 1. The lowest BCUT2D eigenvalue weighted by molar-refractivity contribution is 0.0996. The predicted octanol–water partition coefficient (Wildman–Crippen LogP) is 2.80. The Hall–Kier alpha value is -4.22. The molecule has 7 nitrogen and oxygen atoms in total. The van der Waals surface area contributed by atoms with E-state index >= 15 is 4.39 Å². The van der Waals surface area contributed by atoms with E-state index in [9.17, 15) is 4.79 Å². The molecule has 10 heteroatoms. The monoisotopic (exact) mass is 584 g/mol. The quantitative estimate of drug-likeness (QED) is 0.247. The van der Waals surface area contributed by atoms with Crippen molar-refractivity contribution in [3.63, 3.8) is 0 Å². The van der Waals surface area contributed by atoms with Crippen LogP contribution in [0.3, 0.4) is 0 Å².